The number of para-hydroxylation sites is 1. The van der Waals surface area contributed by atoms with Gasteiger partial charge < -0.3 is 9.30 Å². The maximum atomic E-state index is 13.1. The summed E-state index contributed by atoms with van der Waals surface area (Å²) in [6.45, 7) is 2.94. The van der Waals surface area contributed by atoms with Crippen molar-refractivity contribution in [1.82, 2.24) is 4.57 Å². The highest BCUT2D eigenvalue weighted by Crippen LogP contribution is 2.23. The molecule has 0 aliphatic rings. The van der Waals surface area contributed by atoms with Crippen LogP contribution in [0.5, 0.6) is 5.75 Å². The Morgan fingerprint density at radius 2 is 1.75 bits per heavy atom. The first kappa shape index (κ1) is 16.3. The first-order chi connectivity index (χ1) is 11.7. The fraction of sp³-hybridized carbons (Fsp3) is 0.286. The van der Waals surface area contributed by atoms with Gasteiger partial charge in [0.25, 0.3) is 5.56 Å². The van der Waals surface area contributed by atoms with E-state index in [4.69, 9.17) is 4.74 Å². The van der Waals surface area contributed by atoms with E-state index in [0.717, 1.165) is 53.6 Å². The predicted octanol–water partition coefficient (Wildman–Crippen LogP) is 4.87. The maximum absolute atomic E-state index is 13.1. The SMILES string of the molecule is CCCCCn1c(=O)c(-c2ccc(OC)cc2)cc2ccccc21. The zero-order valence-electron chi connectivity index (χ0n) is 14.3. The molecule has 0 bridgehead atoms. The van der Waals surface area contributed by atoms with Gasteiger partial charge in [0, 0.05) is 12.1 Å². The van der Waals surface area contributed by atoms with E-state index in [0.29, 0.717) is 0 Å². The minimum absolute atomic E-state index is 0.0787. The predicted molar refractivity (Wildman–Crippen MR) is 99.7 cm³/mol. The summed E-state index contributed by atoms with van der Waals surface area (Å²) in [4.78, 5) is 13.1. The Kier molecular flexibility index (Phi) is 4.99. The normalized spacial score (nSPS) is 10.9. The molecule has 0 aliphatic heterocycles. The molecular formula is C21H23NO2. The Balaban J connectivity index is 2.13. The van der Waals surface area contributed by atoms with Crippen LogP contribution in [0, 0.1) is 0 Å². The molecule has 0 saturated carbocycles. The summed E-state index contributed by atoms with van der Waals surface area (Å²) in [6, 6.07) is 17.8. The third-order valence-electron chi connectivity index (χ3n) is 4.39. The number of hydrogen-bond acceptors (Lipinski definition) is 2. The number of unbranched alkanes of at least 4 members (excludes halogenated alkanes) is 2. The average molecular weight is 321 g/mol. The van der Waals surface area contributed by atoms with E-state index in [2.05, 4.69) is 13.0 Å². The molecule has 0 aliphatic carbocycles. The highest BCUT2D eigenvalue weighted by molar-refractivity contribution is 5.84. The van der Waals surface area contributed by atoms with Crippen molar-refractivity contribution in [3.63, 3.8) is 0 Å². The molecular weight excluding hydrogens is 298 g/mol. The number of pyridine rings is 1. The number of rotatable bonds is 6. The molecule has 0 unspecified atom stereocenters. The van der Waals surface area contributed by atoms with Gasteiger partial charge in [0.2, 0.25) is 0 Å². The number of nitrogens with zero attached hydrogens (tertiary/aromatic N) is 1. The minimum atomic E-state index is 0.0787. The van der Waals surface area contributed by atoms with Crippen molar-refractivity contribution in [1.29, 1.82) is 0 Å². The van der Waals surface area contributed by atoms with Crippen molar-refractivity contribution in [2.24, 2.45) is 0 Å². The van der Waals surface area contributed by atoms with Crippen molar-refractivity contribution in [2.75, 3.05) is 7.11 Å². The number of hydrogen-bond donors (Lipinski definition) is 0. The van der Waals surface area contributed by atoms with Crippen LogP contribution in [-0.4, -0.2) is 11.7 Å². The van der Waals surface area contributed by atoms with Gasteiger partial charge in [0.05, 0.1) is 12.6 Å². The summed E-state index contributed by atoms with van der Waals surface area (Å²) in [6.07, 6.45) is 3.30. The highest BCUT2D eigenvalue weighted by atomic mass is 16.5. The van der Waals surface area contributed by atoms with Gasteiger partial charge in [-0.05, 0) is 41.6 Å². The van der Waals surface area contributed by atoms with Crippen LogP contribution in [0.4, 0.5) is 0 Å². The molecule has 0 radical (unpaired) electrons. The molecule has 2 aromatic carbocycles. The molecule has 3 nitrogen and oxygen atoms in total. The summed E-state index contributed by atoms with van der Waals surface area (Å²) in [7, 11) is 1.64. The van der Waals surface area contributed by atoms with Crippen molar-refractivity contribution in [3.05, 3.63) is 65.0 Å². The lowest BCUT2D eigenvalue weighted by Crippen LogP contribution is -2.22. The molecule has 1 heterocycles. The van der Waals surface area contributed by atoms with Gasteiger partial charge in [-0.3, -0.25) is 4.79 Å². The zero-order valence-corrected chi connectivity index (χ0v) is 14.3. The van der Waals surface area contributed by atoms with Crippen LogP contribution >= 0.6 is 0 Å². The summed E-state index contributed by atoms with van der Waals surface area (Å²) in [5.41, 5.74) is 2.76. The summed E-state index contributed by atoms with van der Waals surface area (Å²) < 4.78 is 7.13. The number of aromatic nitrogens is 1. The van der Waals surface area contributed by atoms with E-state index in [1.165, 1.54) is 0 Å². The van der Waals surface area contributed by atoms with Gasteiger partial charge in [0.15, 0.2) is 0 Å². The van der Waals surface area contributed by atoms with E-state index in [1.807, 2.05) is 53.1 Å². The maximum Gasteiger partial charge on any atom is 0.258 e. The van der Waals surface area contributed by atoms with Crippen molar-refractivity contribution >= 4 is 10.9 Å². The molecule has 1 aromatic heterocycles. The largest absolute Gasteiger partial charge is 0.497 e. The Labute approximate surface area is 142 Å². The van der Waals surface area contributed by atoms with Crippen molar-refractivity contribution in [2.45, 2.75) is 32.7 Å². The molecule has 3 rings (SSSR count). The Bertz CT molecular complexity index is 878. The number of methoxy groups -OCH3 is 1. The van der Waals surface area contributed by atoms with Gasteiger partial charge in [-0.25, -0.2) is 0 Å². The lowest BCUT2D eigenvalue weighted by molar-refractivity contribution is 0.415. The Morgan fingerprint density at radius 1 is 1.00 bits per heavy atom. The monoisotopic (exact) mass is 321 g/mol. The van der Waals surface area contributed by atoms with E-state index < -0.39 is 0 Å². The topological polar surface area (TPSA) is 31.2 Å². The van der Waals surface area contributed by atoms with Crippen LogP contribution in [0.25, 0.3) is 22.0 Å². The minimum Gasteiger partial charge on any atom is -0.497 e. The molecule has 0 saturated heterocycles. The number of aryl methyl sites for hydroxylation is 1. The van der Waals surface area contributed by atoms with E-state index in [9.17, 15) is 4.79 Å². The molecule has 0 atom stereocenters. The third kappa shape index (κ3) is 3.21. The van der Waals surface area contributed by atoms with Crippen molar-refractivity contribution in [3.8, 4) is 16.9 Å². The summed E-state index contributed by atoms with van der Waals surface area (Å²) >= 11 is 0. The van der Waals surface area contributed by atoms with Gasteiger partial charge in [-0.2, -0.15) is 0 Å². The zero-order chi connectivity index (χ0) is 16.9. The van der Waals surface area contributed by atoms with E-state index >= 15 is 0 Å². The molecule has 0 spiro atoms. The molecule has 0 N–H and O–H groups in total. The van der Waals surface area contributed by atoms with Crippen LogP contribution in [0.1, 0.15) is 26.2 Å². The van der Waals surface area contributed by atoms with Gasteiger partial charge in [-0.1, -0.05) is 50.1 Å². The van der Waals surface area contributed by atoms with Gasteiger partial charge in [0.1, 0.15) is 5.75 Å². The second kappa shape index (κ2) is 7.35. The first-order valence-corrected chi connectivity index (χ1v) is 8.51. The Hall–Kier alpha value is -2.55. The van der Waals surface area contributed by atoms with E-state index in [1.54, 1.807) is 7.11 Å². The second-order valence-corrected chi connectivity index (χ2v) is 6.01. The number of ether oxygens (including phenoxy) is 1. The lowest BCUT2D eigenvalue weighted by Gasteiger charge is -2.13. The van der Waals surface area contributed by atoms with Crippen LogP contribution in [0.15, 0.2) is 59.4 Å². The van der Waals surface area contributed by atoms with E-state index in [-0.39, 0.29) is 5.56 Å². The van der Waals surface area contributed by atoms with Crippen LogP contribution in [0.3, 0.4) is 0 Å². The molecule has 3 heteroatoms. The first-order valence-electron chi connectivity index (χ1n) is 8.51. The van der Waals surface area contributed by atoms with Gasteiger partial charge >= 0.3 is 0 Å². The Morgan fingerprint density at radius 3 is 2.46 bits per heavy atom. The molecule has 0 amide bonds. The summed E-state index contributed by atoms with van der Waals surface area (Å²) in [5, 5.41) is 1.10. The fourth-order valence-electron chi connectivity index (χ4n) is 3.05. The summed E-state index contributed by atoms with van der Waals surface area (Å²) in [5.74, 6) is 0.794. The van der Waals surface area contributed by atoms with Crippen LogP contribution < -0.4 is 10.3 Å². The van der Waals surface area contributed by atoms with Gasteiger partial charge in [-0.15, -0.1) is 0 Å². The fourth-order valence-corrected chi connectivity index (χ4v) is 3.05. The molecule has 3 aromatic rings. The molecule has 24 heavy (non-hydrogen) atoms. The smallest absolute Gasteiger partial charge is 0.258 e. The second-order valence-electron chi connectivity index (χ2n) is 6.01. The number of benzene rings is 2. The lowest BCUT2D eigenvalue weighted by atomic mass is 10.0. The van der Waals surface area contributed by atoms with Crippen LogP contribution in [0.2, 0.25) is 0 Å². The molecule has 124 valence electrons. The highest BCUT2D eigenvalue weighted by Gasteiger charge is 2.11. The third-order valence-corrected chi connectivity index (χ3v) is 4.39. The quantitative estimate of drug-likeness (QED) is 0.607. The van der Waals surface area contributed by atoms with Crippen molar-refractivity contribution < 1.29 is 4.74 Å². The standard InChI is InChI=1S/C21H23NO2/c1-3-4-7-14-22-20-9-6-5-8-17(20)15-19(21(22)23)16-10-12-18(24-2)13-11-16/h5-6,8-13,15H,3-4,7,14H2,1-2H3. The average Bonchev–Trinajstić information content (AvgIpc) is 2.63. The van der Waals surface area contributed by atoms with Crippen LogP contribution in [-0.2, 0) is 6.54 Å². The molecule has 0 fully saturated rings. The number of fused-ring (bicyclic) bond motifs is 1.